The van der Waals surface area contributed by atoms with Crippen LogP contribution in [-0.4, -0.2) is 15.9 Å². The maximum atomic E-state index is 12.5. The van der Waals surface area contributed by atoms with E-state index in [2.05, 4.69) is 22.2 Å². The molecule has 0 bridgehead atoms. The first-order valence-corrected chi connectivity index (χ1v) is 8.69. The van der Waals surface area contributed by atoms with Crippen molar-refractivity contribution in [3.05, 3.63) is 76.2 Å². The zero-order chi connectivity index (χ0) is 18.1. The van der Waals surface area contributed by atoms with Crippen LogP contribution in [0.5, 0.6) is 0 Å². The number of anilines is 1. The number of rotatable bonds is 4. The Balaban J connectivity index is 1.66. The topological polar surface area (TPSA) is 77.8 Å². The minimum absolute atomic E-state index is 0.125. The molecule has 0 spiro atoms. The Labute approximate surface area is 150 Å². The Bertz CT molecular complexity index is 1140. The van der Waals surface area contributed by atoms with E-state index < -0.39 is 0 Å². The van der Waals surface area contributed by atoms with Crippen LogP contribution in [0.25, 0.3) is 21.8 Å². The van der Waals surface area contributed by atoms with Crippen LogP contribution < -0.4 is 10.9 Å². The number of carbonyl (C=O) groups is 1. The fourth-order valence-electron chi connectivity index (χ4n) is 3.28. The van der Waals surface area contributed by atoms with E-state index in [4.69, 9.17) is 0 Å². The number of hydrogen-bond donors (Lipinski definition) is 3. The highest BCUT2D eigenvalue weighted by Gasteiger charge is 2.11. The molecule has 0 radical (unpaired) electrons. The summed E-state index contributed by atoms with van der Waals surface area (Å²) in [5, 5.41) is 4.89. The fourth-order valence-corrected chi connectivity index (χ4v) is 3.28. The smallest absolute Gasteiger partial charge is 0.272 e. The molecule has 2 aromatic carbocycles. The number of benzene rings is 2. The van der Waals surface area contributed by atoms with Gasteiger partial charge in [0.15, 0.2) is 0 Å². The van der Waals surface area contributed by atoms with Crippen molar-refractivity contribution in [2.75, 3.05) is 5.32 Å². The summed E-state index contributed by atoms with van der Waals surface area (Å²) in [7, 11) is 0. The lowest BCUT2D eigenvalue weighted by Gasteiger charge is -2.08. The van der Waals surface area contributed by atoms with Crippen molar-refractivity contribution >= 4 is 33.4 Å². The molecule has 4 aromatic rings. The van der Waals surface area contributed by atoms with Gasteiger partial charge in [0, 0.05) is 28.0 Å². The van der Waals surface area contributed by atoms with Gasteiger partial charge in [0.05, 0.1) is 5.52 Å². The first-order chi connectivity index (χ1) is 12.6. The number of nitrogens with one attached hydrogen (secondary N) is 3. The predicted octanol–water partition coefficient (Wildman–Crippen LogP) is 4.21. The molecule has 1 amide bonds. The molecule has 26 heavy (non-hydrogen) atoms. The summed E-state index contributed by atoms with van der Waals surface area (Å²) in [5.41, 5.74) is 3.70. The lowest BCUT2D eigenvalue weighted by molar-refractivity contribution is 0.102. The number of aryl methyl sites for hydroxylation is 1. The Morgan fingerprint density at radius 3 is 2.65 bits per heavy atom. The van der Waals surface area contributed by atoms with Gasteiger partial charge in [-0.15, -0.1) is 0 Å². The second-order valence-electron chi connectivity index (χ2n) is 6.39. The predicted molar refractivity (Wildman–Crippen MR) is 105 cm³/mol. The van der Waals surface area contributed by atoms with Gasteiger partial charge in [-0.1, -0.05) is 37.6 Å². The van der Waals surface area contributed by atoms with Gasteiger partial charge in [0.2, 0.25) is 5.56 Å². The molecule has 0 aliphatic rings. The highest BCUT2D eigenvalue weighted by molar-refractivity contribution is 6.06. The van der Waals surface area contributed by atoms with Crippen molar-refractivity contribution in [2.45, 2.75) is 19.8 Å². The number of pyridine rings is 1. The van der Waals surface area contributed by atoms with Crippen LogP contribution in [-0.2, 0) is 6.42 Å². The van der Waals surface area contributed by atoms with Crippen LogP contribution in [0.1, 0.15) is 29.4 Å². The van der Waals surface area contributed by atoms with Crippen LogP contribution in [0.15, 0.2) is 59.4 Å². The average molecular weight is 345 g/mol. The van der Waals surface area contributed by atoms with Crippen molar-refractivity contribution in [1.82, 2.24) is 9.97 Å². The highest BCUT2D eigenvalue weighted by Crippen LogP contribution is 2.22. The monoisotopic (exact) mass is 345 g/mol. The van der Waals surface area contributed by atoms with Crippen LogP contribution in [0.4, 0.5) is 5.69 Å². The van der Waals surface area contributed by atoms with E-state index >= 15 is 0 Å². The molecule has 3 N–H and O–H groups in total. The van der Waals surface area contributed by atoms with Crippen LogP contribution in [0, 0.1) is 0 Å². The van der Waals surface area contributed by atoms with E-state index in [1.807, 2.05) is 42.5 Å². The van der Waals surface area contributed by atoms with Crippen LogP contribution in [0.3, 0.4) is 0 Å². The van der Waals surface area contributed by atoms with Gasteiger partial charge < -0.3 is 15.3 Å². The molecule has 0 saturated heterocycles. The standard InChI is InChI=1S/C21H19N3O2/c1-2-5-13-11-20(25)24-18-12-15(8-9-16(13)18)22-21(26)19-10-14-6-3-4-7-17(14)23-19/h3-4,6-12,23H,2,5H2,1H3,(H,22,26)(H,24,25). The minimum Gasteiger partial charge on any atom is -0.351 e. The summed E-state index contributed by atoms with van der Waals surface area (Å²) in [4.78, 5) is 30.4. The molecule has 0 aliphatic heterocycles. The van der Waals surface area contributed by atoms with Crippen molar-refractivity contribution in [1.29, 1.82) is 0 Å². The number of aromatic amines is 2. The molecule has 0 aliphatic carbocycles. The number of carbonyl (C=O) groups excluding carboxylic acids is 1. The van der Waals surface area contributed by atoms with Gasteiger partial charge in [-0.25, -0.2) is 0 Å². The molecule has 4 rings (SSSR count). The second-order valence-corrected chi connectivity index (χ2v) is 6.39. The summed E-state index contributed by atoms with van der Waals surface area (Å²) in [6.45, 7) is 2.09. The SMILES string of the molecule is CCCc1cc(=O)[nH]c2cc(NC(=O)c3cc4ccccc4[nH]3)ccc12. The first-order valence-electron chi connectivity index (χ1n) is 8.69. The van der Waals surface area contributed by atoms with Crippen molar-refractivity contribution < 1.29 is 4.79 Å². The lowest BCUT2D eigenvalue weighted by Crippen LogP contribution is -2.12. The summed E-state index contributed by atoms with van der Waals surface area (Å²) in [5.74, 6) is -0.215. The summed E-state index contributed by atoms with van der Waals surface area (Å²) in [6.07, 6.45) is 1.82. The Kier molecular flexibility index (Phi) is 4.05. The Morgan fingerprint density at radius 1 is 1.00 bits per heavy atom. The van der Waals surface area contributed by atoms with E-state index in [0.717, 1.165) is 40.2 Å². The number of para-hydroxylation sites is 1. The van der Waals surface area contributed by atoms with Gasteiger partial charge in [-0.2, -0.15) is 0 Å². The van der Waals surface area contributed by atoms with E-state index in [1.165, 1.54) is 0 Å². The molecular weight excluding hydrogens is 326 g/mol. The van der Waals surface area contributed by atoms with E-state index in [-0.39, 0.29) is 11.5 Å². The minimum atomic E-state index is -0.215. The van der Waals surface area contributed by atoms with Crippen LogP contribution >= 0.6 is 0 Å². The third kappa shape index (κ3) is 2.99. The van der Waals surface area contributed by atoms with Crippen molar-refractivity contribution in [2.24, 2.45) is 0 Å². The average Bonchev–Trinajstić information content (AvgIpc) is 3.06. The zero-order valence-corrected chi connectivity index (χ0v) is 14.4. The quantitative estimate of drug-likeness (QED) is 0.518. The maximum absolute atomic E-state index is 12.5. The van der Waals surface area contributed by atoms with Gasteiger partial charge in [0.1, 0.15) is 5.69 Å². The summed E-state index contributed by atoms with van der Waals surface area (Å²) >= 11 is 0. The van der Waals surface area contributed by atoms with E-state index in [0.29, 0.717) is 11.4 Å². The molecule has 0 saturated carbocycles. The summed E-state index contributed by atoms with van der Waals surface area (Å²) < 4.78 is 0. The lowest BCUT2D eigenvalue weighted by atomic mass is 10.0. The normalized spacial score (nSPS) is 11.1. The van der Waals surface area contributed by atoms with Gasteiger partial charge in [-0.05, 0) is 36.2 Å². The maximum Gasteiger partial charge on any atom is 0.272 e. The molecule has 0 atom stereocenters. The molecule has 130 valence electrons. The molecule has 0 unspecified atom stereocenters. The molecule has 2 aromatic heterocycles. The molecular formula is C21H19N3O2. The van der Waals surface area contributed by atoms with Crippen molar-refractivity contribution in [3.8, 4) is 0 Å². The largest absolute Gasteiger partial charge is 0.351 e. The van der Waals surface area contributed by atoms with Gasteiger partial charge >= 0.3 is 0 Å². The Morgan fingerprint density at radius 2 is 1.85 bits per heavy atom. The molecule has 5 nitrogen and oxygen atoms in total. The van der Waals surface area contributed by atoms with Crippen molar-refractivity contribution in [3.63, 3.8) is 0 Å². The zero-order valence-electron chi connectivity index (χ0n) is 14.4. The third-order valence-corrected chi connectivity index (χ3v) is 4.48. The molecule has 5 heteroatoms. The van der Waals surface area contributed by atoms with Gasteiger partial charge in [-0.3, -0.25) is 9.59 Å². The highest BCUT2D eigenvalue weighted by atomic mass is 16.2. The molecule has 2 heterocycles. The first kappa shape index (κ1) is 16.1. The number of aromatic nitrogens is 2. The number of fused-ring (bicyclic) bond motifs is 2. The number of hydrogen-bond acceptors (Lipinski definition) is 2. The second kappa shape index (κ2) is 6.52. The Hall–Kier alpha value is -3.34. The number of H-pyrrole nitrogens is 2. The summed E-state index contributed by atoms with van der Waals surface area (Å²) in [6, 6.07) is 16.8. The third-order valence-electron chi connectivity index (χ3n) is 4.48. The number of amides is 1. The van der Waals surface area contributed by atoms with E-state index in [1.54, 1.807) is 12.1 Å². The van der Waals surface area contributed by atoms with E-state index in [9.17, 15) is 9.59 Å². The molecule has 0 fully saturated rings. The van der Waals surface area contributed by atoms with Crippen LogP contribution in [0.2, 0.25) is 0 Å². The van der Waals surface area contributed by atoms with Gasteiger partial charge in [0.25, 0.3) is 5.91 Å². The fraction of sp³-hybridized carbons (Fsp3) is 0.143.